The van der Waals surface area contributed by atoms with Crippen LogP contribution >= 0.6 is 0 Å². The molecule has 3 aromatic rings. The standard InChI is InChI=1S/C16H14N2O2/c1-20-13-6-7-14-15(8-9-17-16(14)10-13)18-11-2-4-12(19)5-3-11/h2-10,19H,1H3,(H,17,18). The average molecular weight is 266 g/mol. The molecule has 2 aromatic carbocycles. The van der Waals surface area contributed by atoms with Gasteiger partial charge in [0.2, 0.25) is 0 Å². The summed E-state index contributed by atoms with van der Waals surface area (Å²) in [6.45, 7) is 0. The Morgan fingerprint density at radius 2 is 1.85 bits per heavy atom. The van der Waals surface area contributed by atoms with Gasteiger partial charge in [0, 0.05) is 29.0 Å². The normalized spacial score (nSPS) is 10.4. The van der Waals surface area contributed by atoms with Crippen molar-refractivity contribution < 1.29 is 9.84 Å². The Morgan fingerprint density at radius 1 is 1.05 bits per heavy atom. The first kappa shape index (κ1) is 12.3. The summed E-state index contributed by atoms with van der Waals surface area (Å²) >= 11 is 0. The van der Waals surface area contributed by atoms with Crippen LogP contribution in [-0.2, 0) is 0 Å². The Bertz CT molecular complexity index is 739. The van der Waals surface area contributed by atoms with Crippen LogP contribution in [0.25, 0.3) is 10.9 Å². The summed E-state index contributed by atoms with van der Waals surface area (Å²) < 4.78 is 5.21. The van der Waals surface area contributed by atoms with Crippen molar-refractivity contribution in [1.82, 2.24) is 4.98 Å². The first-order valence-electron chi connectivity index (χ1n) is 6.25. The Labute approximate surface area is 116 Å². The fourth-order valence-electron chi connectivity index (χ4n) is 2.06. The number of phenolic OH excluding ortho intramolecular Hbond substituents is 1. The third-order valence-electron chi connectivity index (χ3n) is 3.10. The second kappa shape index (κ2) is 5.09. The van der Waals surface area contributed by atoms with Crippen LogP contribution in [0.1, 0.15) is 0 Å². The molecule has 2 N–H and O–H groups in total. The molecule has 0 atom stereocenters. The van der Waals surface area contributed by atoms with Gasteiger partial charge in [-0.15, -0.1) is 0 Å². The van der Waals surface area contributed by atoms with Gasteiger partial charge in [0.15, 0.2) is 0 Å². The van der Waals surface area contributed by atoms with Crippen molar-refractivity contribution in [2.24, 2.45) is 0 Å². The van der Waals surface area contributed by atoms with Gasteiger partial charge in [-0.3, -0.25) is 4.98 Å². The van der Waals surface area contributed by atoms with Crippen molar-refractivity contribution in [2.75, 3.05) is 12.4 Å². The zero-order valence-electron chi connectivity index (χ0n) is 11.0. The molecule has 20 heavy (non-hydrogen) atoms. The Hall–Kier alpha value is -2.75. The number of benzene rings is 2. The molecule has 1 heterocycles. The van der Waals surface area contributed by atoms with Crippen LogP contribution in [0.2, 0.25) is 0 Å². The van der Waals surface area contributed by atoms with E-state index in [0.717, 1.165) is 28.0 Å². The highest BCUT2D eigenvalue weighted by Crippen LogP contribution is 2.28. The first-order valence-corrected chi connectivity index (χ1v) is 6.25. The van der Waals surface area contributed by atoms with Gasteiger partial charge in [-0.05, 0) is 42.5 Å². The number of pyridine rings is 1. The van der Waals surface area contributed by atoms with E-state index >= 15 is 0 Å². The van der Waals surface area contributed by atoms with Crippen molar-refractivity contribution in [3.8, 4) is 11.5 Å². The first-order chi connectivity index (χ1) is 9.76. The van der Waals surface area contributed by atoms with Crippen molar-refractivity contribution >= 4 is 22.3 Å². The Morgan fingerprint density at radius 3 is 2.60 bits per heavy atom. The molecule has 0 saturated carbocycles. The summed E-state index contributed by atoms with van der Waals surface area (Å²) in [6.07, 6.45) is 1.75. The smallest absolute Gasteiger partial charge is 0.121 e. The van der Waals surface area contributed by atoms with Crippen molar-refractivity contribution in [1.29, 1.82) is 0 Å². The number of nitrogens with one attached hydrogen (secondary N) is 1. The number of anilines is 2. The van der Waals surface area contributed by atoms with Crippen molar-refractivity contribution in [2.45, 2.75) is 0 Å². The number of phenols is 1. The van der Waals surface area contributed by atoms with Crippen molar-refractivity contribution in [3.63, 3.8) is 0 Å². The lowest BCUT2D eigenvalue weighted by atomic mass is 10.1. The number of ether oxygens (including phenoxy) is 1. The Kier molecular flexibility index (Phi) is 3.13. The molecule has 0 spiro atoms. The third-order valence-corrected chi connectivity index (χ3v) is 3.10. The number of hydrogen-bond acceptors (Lipinski definition) is 4. The van der Waals surface area contributed by atoms with Crippen LogP contribution in [0.3, 0.4) is 0 Å². The second-order valence-corrected chi connectivity index (χ2v) is 4.41. The summed E-state index contributed by atoms with van der Waals surface area (Å²) in [6, 6.07) is 14.6. The highest BCUT2D eigenvalue weighted by atomic mass is 16.5. The lowest BCUT2D eigenvalue weighted by Crippen LogP contribution is -1.93. The number of aromatic nitrogens is 1. The number of fused-ring (bicyclic) bond motifs is 1. The van der Waals surface area contributed by atoms with Gasteiger partial charge in [0.1, 0.15) is 11.5 Å². The third kappa shape index (κ3) is 2.36. The molecule has 0 amide bonds. The fraction of sp³-hybridized carbons (Fsp3) is 0.0625. The molecule has 3 rings (SSSR count). The molecular weight excluding hydrogens is 252 g/mol. The lowest BCUT2D eigenvalue weighted by molar-refractivity contribution is 0.415. The summed E-state index contributed by atoms with van der Waals surface area (Å²) in [4.78, 5) is 4.35. The van der Waals surface area contributed by atoms with E-state index in [0.29, 0.717) is 0 Å². The number of methoxy groups -OCH3 is 1. The lowest BCUT2D eigenvalue weighted by Gasteiger charge is -2.10. The van der Waals surface area contributed by atoms with Gasteiger partial charge in [-0.1, -0.05) is 0 Å². The largest absolute Gasteiger partial charge is 0.508 e. The molecule has 0 aliphatic rings. The van der Waals surface area contributed by atoms with Crippen LogP contribution < -0.4 is 10.1 Å². The van der Waals surface area contributed by atoms with Crippen LogP contribution in [0.5, 0.6) is 11.5 Å². The topological polar surface area (TPSA) is 54.4 Å². The van der Waals surface area contributed by atoms with Gasteiger partial charge in [-0.25, -0.2) is 0 Å². The van der Waals surface area contributed by atoms with E-state index in [9.17, 15) is 5.11 Å². The molecule has 0 bridgehead atoms. The van der Waals surface area contributed by atoms with Crippen LogP contribution in [0, 0.1) is 0 Å². The average Bonchev–Trinajstić information content (AvgIpc) is 2.49. The second-order valence-electron chi connectivity index (χ2n) is 4.41. The molecule has 4 heteroatoms. The number of hydrogen-bond donors (Lipinski definition) is 2. The van der Waals surface area contributed by atoms with E-state index in [-0.39, 0.29) is 5.75 Å². The molecule has 0 unspecified atom stereocenters. The molecule has 0 aliphatic heterocycles. The fourth-order valence-corrected chi connectivity index (χ4v) is 2.06. The molecule has 100 valence electrons. The molecule has 0 saturated heterocycles. The zero-order valence-corrected chi connectivity index (χ0v) is 11.0. The summed E-state index contributed by atoms with van der Waals surface area (Å²) in [7, 11) is 1.64. The minimum Gasteiger partial charge on any atom is -0.508 e. The maximum Gasteiger partial charge on any atom is 0.121 e. The number of nitrogens with zero attached hydrogens (tertiary/aromatic N) is 1. The van der Waals surface area contributed by atoms with E-state index in [1.54, 1.807) is 25.4 Å². The molecule has 0 radical (unpaired) electrons. The highest BCUT2D eigenvalue weighted by molar-refractivity contribution is 5.93. The van der Waals surface area contributed by atoms with E-state index in [4.69, 9.17) is 4.74 Å². The molecule has 4 nitrogen and oxygen atoms in total. The van der Waals surface area contributed by atoms with Crippen molar-refractivity contribution in [3.05, 3.63) is 54.7 Å². The molecule has 0 aliphatic carbocycles. The minimum atomic E-state index is 0.250. The monoisotopic (exact) mass is 266 g/mol. The van der Waals surface area contributed by atoms with Crippen LogP contribution in [-0.4, -0.2) is 17.2 Å². The van der Waals surface area contributed by atoms with E-state index in [2.05, 4.69) is 10.3 Å². The summed E-state index contributed by atoms with van der Waals surface area (Å²) in [5.74, 6) is 1.03. The van der Waals surface area contributed by atoms with Gasteiger partial charge < -0.3 is 15.2 Å². The van der Waals surface area contributed by atoms with Gasteiger partial charge in [-0.2, -0.15) is 0 Å². The van der Waals surface area contributed by atoms with E-state index < -0.39 is 0 Å². The predicted octanol–water partition coefficient (Wildman–Crippen LogP) is 3.69. The minimum absolute atomic E-state index is 0.250. The predicted molar refractivity (Wildman–Crippen MR) is 79.7 cm³/mol. The number of rotatable bonds is 3. The SMILES string of the molecule is COc1ccc2c(Nc3ccc(O)cc3)ccnc2c1. The molecular formula is C16H14N2O2. The maximum atomic E-state index is 9.30. The van der Waals surface area contributed by atoms with E-state index in [1.165, 1.54) is 0 Å². The van der Waals surface area contributed by atoms with Gasteiger partial charge in [0.05, 0.1) is 12.6 Å². The number of aromatic hydroxyl groups is 1. The maximum absolute atomic E-state index is 9.30. The van der Waals surface area contributed by atoms with Crippen LogP contribution in [0.4, 0.5) is 11.4 Å². The summed E-state index contributed by atoms with van der Waals surface area (Å²) in [5.41, 5.74) is 2.74. The summed E-state index contributed by atoms with van der Waals surface area (Å²) in [5, 5.41) is 13.6. The van der Waals surface area contributed by atoms with E-state index in [1.807, 2.05) is 36.4 Å². The molecule has 1 aromatic heterocycles. The quantitative estimate of drug-likeness (QED) is 0.710. The Balaban J connectivity index is 2.01. The zero-order chi connectivity index (χ0) is 13.9. The molecule has 0 fully saturated rings. The van der Waals surface area contributed by atoms with Gasteiger partial charge >= 0.3 is 0 Å². The highest BCUT2D eigenvalue weighted by Gasteiger charge is 2.04. The van der Waals surface area contributed by atoms with Gasteiger partial charge in [0.25, 0.3) is 0 Å². The van der Waals surface area contributed by atoms with Crippen LogP contribution in [0.15, 0.2) is 54.7 Å².